The number of imidazole rings is 1. The molecule has 6 rings (SSSR count). The molecule has 0 bridgehead atoms. The van der Waals surface area contributed by atoms with E-state index in [1.54, 1.807) is 41.2 Å². The Morgan fingerprint density at radius 3 is 2.71 bits per heavy atom. The highest BCUT2D eigenvalue weighted by Crippen LogP contribution is 2.57. The van der Waals surface area contributed by atoms with E-state index in [-0.39, 0.29) is 35.0 Å². The van der Waals surface area contributed by atoms with Gasteiger partial charge in [-0.3, -0.25) is 0 Å². The average molecular weight is 516 g/mol. The molecule has 2 aromatic heterocycles. The van der Waals surface area contributed by atoms with Crippen molar-refractivity contribution in [3.05, 3.63) is 71.6 Å². The van der Waals surface area contributed by atoms with Crippen LogP contribution < -0.4 is 10.1 Å². The number of fused-ring (bicyclic) bond motifs is 2. The smallest absolute Gasteiger partial charge is 0.209 e. The van der Waals surface area contributed by atoms with Gasteiger partial charge in [-0.1, -0.05) is 24.1 Å². The third kappa shape index (κ3) is 4.30. The number of nitrogens with zero attached hydrogens (tertiary/aromatic N) is 4. The third-order valence-electron chi connectivity index (χ3n) is 7.34. The van der Waals surface area contributed by atoms with Crippen LogP contribution in [0.4, 0.5) is 10.2 Å². The summed E-state index contributed by atoms with van der Waals surface area (Å²) in [7, 11) is 1.50. The standard InChI is InChI=1S/C28H26FN5O4/c1-38-21-12-15(6-8-20(21)35)10-11-30-27-23-28(33-22(32-27)9-7-16-4-2-3-5-19(16)29)34(14-31-23)24-17-13-18(17)25(36)26(24)37/h2-6,8,12,14,17-18,24-26,35-37H,10-11,13H2,1H3,(H,30,32,33)/t17-,18+,24+,25+,26-/m0/s1. The van der Waals surface area contributed by atoms with Crippen molar-refractivity contribution >= 4 is 17.0 Å². The molecule has 0 radical (unpaired) electrons. The van der Waals surface area contributed by atoms with Crippen LogP contribution in [0.5, 0.6) is 11.5 Å². The zero-order chi connectivity index (χ0) is 26.4. The Hall–Kier alpha value is -4.20. The average Bonchev–Trinajstić information content (AvgIpc) is 3.53. The number of rotatable bonds is 6. The zero-order valence-electron chi connectivity index (χ0n) is 20.5. The van der Waals surface area contributed by atoms with Gasteiger partial charge in [0.15, 0.2) is 28.5 Å². The number of aromatic nitrogens is 4. The van der Waals surface area contributed by atoms with Gasteiger partial charge in [0, 0.05) is 6.54 Å². The Bertz CT molecular complexity index is 1580. The van der Waals surface area contributed by atoms with Crippen LogP contribution in [-0.2, 0) is 6.42 Å². The van der Waals surface area contributed by atoms with Crippen molar-refractivity contribution in [3.63, 3.8) is 0 Å². The van der Waals surface area contributed by atoms with Crippen LogP contribution in [0.2, 0.25) is 0 Å². The van der Waals surface area contributed by atoms with Gasteiger partial charge in [0.2, 0.25) is 5.82 Å². The lowest BCUT2D eigenvalue weighted by Crippen LogP contribution is -2.31. The predicted molar refractivity (Wildman–Crippen MR) is 137 cm³/mol. The minimum atomic E-state index is -0.917. The lowest BCUT2D eigenvalue weighted by Gasteiger charge is -2.22. The topological polar surface area (TPSA) is 126 Å². The molecule has 38 heavy (non-hydrogen) atoms. The number of aromatic hydroxyl groups is 1. The van der Waals surface area contributed by atoms with Crippen molar-refractivity contribution in [2.45, 2.75) is 31.1 Å². The Morgan fingerprint density at radius 2 is 1.95 bits per heavy atom. The van der Waals surface area contributed by atoms with Gasteiger partial charge in [0.05, 0.1) is 31.1 Å². The summed E-state index contributed by atoms with van der Waals surface area (Å²) < 4.78 is 21.1. The Balaban J connectivity index is 1.34. The molecule has 0 spiro atoms. The number of nitrogens with one attached hydrogen (secondary N) is 1. The van der Waals surface area contributed by atoms with Gasteiger partial charge in [-0.15, -0.1) is 0 Å². The molecule has 2 heterocycles. The summed E-state index contributed by atoms with van der Waals surface area (Å²) >= 11 is 0. The van der Waals surface area contributed by atoms with Crippen molar-refractivity contribution in [3.8, 4) is 23.3 Å². The molecule has 2 aliphatic carbocycles. The first-order chi connectivity index (χ1) is 18.4. The third-order valence-corrected chi connectivity index (χ3v) is 7.34. The van der Waals surface area contributed by atoms with E-state index >= 15 is 0 Å². The van der Waals surface area contributed by atoms with Gasteiger partial charge in [-0.2, -0.15) is 0 Å². The zero-order valence-corrected chi connectivity index (χ0v) is 20.5. The van der Waals surface area contributed by atoms with Crippen molar-refractivity contribution in [1.29, 1.82) is 0 Å². The number of anilines is 1. The van der Waals surface area contributed by atoms with E-state index in [4.69, 9.17) is 4.74 Å². The molecular weight excluding hydrogens is 489 g/mol. The molecule has 4 N–H and O–H groups in total. The molecule has 5 atom stereocenters. The fourth-order valence-corrected chi connectivity index (χ4v) is 5.30. The van der Waals surface area contributed by atoms with Crippen molar-refractivity contribution in [1.82, 2.24) is 19.5 Å². The van der Waals surface area contributed by atoms with Crippen molar-refractivity contribution < 1.29 is 24.4 Å². The fourth-order valence-electron chi connectivity index (χ4n) is 5.30. The molecule has 0 amide bonds. The molecule has 0 saturated heterocycles. The first-order valence-electron chi connectivity index (χ1n) is 12.4. The van der Waals surface area contributed by atoms with Crippen molar-refractivity contribution in [2.24, 2.45) is 11.8 Å². The van der Waals surface area contributed by atoms with E-state index in [1.165, 1.54) is 13.2 Å². The van der Waals surface area contributed by atoms with Gasteiger partial charge in [0.25, 0.3) is 0 Å². The number of phenolic OH excluding ortho intramolecular Hbond substituents is 1. The molecule has 194 valence electrons. The highest BCUT2D eigenvalue weighted by Gasteiger charge is 2.60. The number of methoxy groups -OCH3 is 1. The number of phenols is 1. The molecule has 2 fully saturated rings. The van der Waals surface area contributed by atoms with E-state index in [0.717, 1.165) is 12.0 Å². The Labute approximate surface area is 218 Å². The summed E-state index contributed by atoms with van der Waals surface area (Å²) in [5.41, 5.74) is 2.17. The SMILES string of the molecule is COc1cc(CCNc2nc(C#Cc3ccccc3F)nc3c2ncn3[C@H]2[C@H](O)[C@H](O)[C@@H]3C[C@@H]32)ccc1O. The first-order valence-corrected chi connectivity index (χ1v) is 12.4. The summed E-state index contributed by atoms with van der Waals surface area (Å²) in [5.74, 6) is 6.56. The largest absolute Gasteiger partial charge is 0.504 e. The summed E-state index contributed by atoms with van der Waals surface area (Å²) in [6.07, 6.45) is 1.38. The molecule has 0 aliphatic heterocycles. The second kappa shape index (κ2) is 9.59. The normalized spacial score (nSPS) is 23.5. The molecule has 2 saturated carbocycles. The fraction of sp³-hybridized carbons (Fsp3) is 0.321. The maximum Gasteiger partial charge on any atom is 0.209 e. The van der Waals surface area contributed by atoms with Gasteiger partial charge < -0.3 is 29.9 Å². The second-order valence-corrected chi connectivity index (χ2v) is 9.67. The van der Waals surface area contributed by atoms with E-state index in [9.17, 15) is 19.7 Å². The van der Waals surface area contributed by atoms with Crippen LogP contribution in [0, 0.1) is 29.5 Å². The van der Waals surface area contributed by atoms with E-state index in [2.05, 4.69) is 32.1 Å². The Kier molecular flexibility index (Phi) is 6.10. The highest BCUT2D eigenvalue weighted by atomic mass is 19.1. The van der Waals surface area contributed by atoms with Gasteiger partial charge in [-0.05, 0) is 60.4 Å². The molecule has 0 unspecified atom stereocenters. The maximum atomic E-state index is 14.1. The first kappa shape index (κ1) is 24.2. The maximum absolute atomic E-state index is 14.1. The number of aliphatic hydroxyl groups is 2. The summed E-state index contributed by atoms with van der Waals surface area (Å²) in [6.45, 7) is 0.489. The quantitative estimate of drug-likeness (QED) is 0.289. The lowest BCUT2D eigenvalue weighted by atomic mass is 10.1. The minimum Gasteiger partial charge on any atom is -0.504 e. The molecule has 2 aliphatic rings. The summed E-state index contributed by atoms with van der Waals surface area (Å²) in [6, 6.07) is 11.0. The molecule has 2 aromatic carbocycles. The number of halogens is 1. The van der Waals surface area contributed by atoms with E-state index in [1.807, 2.05) is 6.07 Å². The van der Waals surface area contributed by atoms with Crippen LogP contribution in [0.3, 0.4) is 0 Å². The van der Waals surface area contributed by atoms with Crippen LogP contribution in [0.15, 0.2) is 48.8 Å². The van der Waals surface area contributed by atoms with Gasteiger partial charge >= 0.3 is 0 Å². The minimum absolute atomic E-state index is 0.0717. The predicted octanol–water partition coefficient (Wildman–Crippen LogP) is 2.65. The molecule has 4 aromatic rings. The van der Waals surface area contributed by atoms with Gasteiger partial charge in [0.1, 0.15) is 11.9 Å². The number of benzene rings is 2. The summed E-state index contributed by atoms with van der Waals surface area (Å²) in [5, 5.41) is 34.2. The van der Waals surface area contributed by atoms with Crippen LogP contribution in [-0.4, -0.2) is 60.7 Å². The second-order valence-electron chi connectivity index (χ2n) is 9.67. The molecule has 10 heteroatoms. The van der Waals surface area contributed by atoms with E-state index in [0.29, 0.717) is 35.7 Å². The molecule has 9 nitrogen and oxygen atoms in total. The van der Waals surface area contributed by atoms with Gasteiger partial charge in [-0.25, -0.2) is 19.3 Å². The van der Waals surface area contributed by atoms with E-state index < -0.39 is 18.0 Å². The monoisotopic (exact) mass is 515 g/mol. The highest BCUT2D eigenvalue weighted by molar-refractivity contribution is 5.83. The molecular formula is C28H26FN5O4. The lowest BCUT2D eigenvalue weighted by molar-refractivity contribution is 0.00386. The van der Waals surface area contributed by atoms with Crippen LogP contribution >= 0.6 is 0 Å². The number of ether oxygens (including phenoxy) is 1. The van der Waals surface area contributed by atoms with Crippen molar-refractivity contribution in [2.75, 3.05) is 19.0 Å². The van der Waals surface area contributed by atoms with Crippen LogP contribution in [0.1, 0.15) is 29.4 Å². The number of hydrogen-bond donors (Lipinski definition) is 4. The number of aliphatic hydroxyl groups excluding tert-OH is 2. The summed E-state index contributed by atoms with van der Waals surface area (Å²) in [4.78, 5) is 13.7. The van der Waals surface area contributed by atoms with Crippen LogP contribution in [0.25, 0.3) is 11.2 Å². The Morgan fingerprint density at radius 1 is 1.11 bits per heavy atom. The number of hydrogen-bond acceptors (Lipinski definition) is 8.